The molecule has 0 heterocycles. The van der Waals surface area contributed by atoms with E-state index in [1.54, 1.807) is 36.4 Å². The van der Waals surface area contributed by atoms with E-state index in [0.717, 1.165) is 18.5 Å². The number of rotatable bonds is 9. The molecule has 0 atom stereocenters. The minimum atomic E-state index is -0.444. The molecule has 0 saturated heterocycles. The van der Waals surface area contributed by atoms with Gasteiger partial charge in [0.25, 0.3) is 11.6 Å². The summed E-state index contributed by atoms with van der Waals surface area (Å²) < 4.78 is 0. The number of benzene rings is 2. The van der Waals surface area contributed by atoms with E-state index in [0.29, 0.717) is 36.7 Å². The summed E-state index contributed by atoms with van der Waals surface area (Å²) in [5, 5.41) is 19.5. The van der Waals surface area contributed by atoms with E-state index < -0.39 is 4.92 Å². The lowest BCUT2D eigenvalue weighted by Gasteiger charge is -2.08. The van der Waals surface area contributed by atoms with Crippen molar-refractivity contribution < 1.29 is 14.5 Å². The summed E-state index contributed by atoms with van der Waals surface area (Å²) in [6, 6.07) is 13.3. The maximum absolute atomic E-state index is 12.0. The molecule has 1 fully saturated rings. The van der Waals surface area contributed by atoms with E-state index in [-0.39, 0.29) is 17.5 Å². The average Bonchev–Trinajstić information content (AvgIpc) is 3.50. The molecule has 3 N–H and O–H groups in total. The van der Waals surface area contributed by atoms with Crippen LogP contribution in [0.15, 0.2) is 48.5 Å². The predicted octanol–water partition coefficient (Wildman–Crippen LogP) is 3.32. The van der Waals surface area contributed by atoms with Crippen molar-refractivity contribution in [2.24, 2.45) is 0 Å². The van der Waals surface area contributed by atoms with Crippen LogP contribution in [0.2, 0.25) is 0 Å². The molecule has 146 valence electrons. The average molecular weight is 382 g/mol. The zero-order valence-corrected chi connectivity index (χ0v) is 15.3. The highest BCUT2D eigenvalue weighted by molar-refractivity contribution is 5.96. The SMILES string of the molecule is O=C(CCCNc1ccc([N+](=O)[O-])cc1)Nc1ccc(C(=O)NC2CC2)cc1. The largest absolute Gasteiger partial charge is 0.385 e. The summed E-state index contributed by atoms with van der Waals surface area (Å²) in [7, 11) is 0. The number of nitrogens with zero attached hydrogens (tertiary/aromatic N) is 1. The molecule has 0 bridgehead atoms. The molecule has 2 amide bonds. The lowest BCUT2D eigenvalue weighted by atomic mass is 10.2. The van der Waals surface area contributed by atoms with Gasteiger partial charge in [0.15, 0.2) is 0 Å². The molecule has 0 aromatic heterocycles. The number of anilines is 2. The maximum Gasteiger partial charge on any atom is 0.269 e. The third-order valence-corrected chi connectivity index (χ3v) is 4.33. The van der Waals surface area contributed by atoms with Gasteiger partial charge in [0.2, 0.25) is 5.91 Å². The van der Waals surface area contributed by atoms with Crippen molar-refractivity contribution >= 4 is 28.9 Å². The number of carbonyl (C=O) groups is 2. The fraction of sp³-hybridized carbons (Fsp3) is 0.300. The first kappa shape index (κ1) is 19.3. The highest BCUT2D eigenvalue weighted by atomic mass is 16.6. The molecular formula is C20H22N4O4. The highest BCUT2D eigenvalue weighted by Gasteiger charge is 2.23. The number of hydrogen-bond acceptors (Lipinski definition) is 5. The fourth-order valence-corrected chi connectivity index (χ4v) is 2.61. The Bertz CT molecular complexity index is 846. The summed E-state index contributed by atoms with van der Waals surface area (Å²) in [5.41, 5.74) is 2.04. The van der Waals surface area contributed by atoms with Crippen LogP contribution in [0.3, 0.4) is 0 Å². The van der Waals surface area contributed by atoms with Gasteiger partial charge in [-0.1, -0.05) is 0 Å². The molecule has 0 radical (unpaired) electrons. The fourth-order valence-electron chi connectivity index (χ4n) is 2.61. The Morgan fingerprint density at radius 2 is 1.64 bits per heavy atom. The molecule has 1 saturated carbocycles. The first-order valence-electron chi connectivity index (χ1n) is 9.20. The molecule has 0 unspecified atom stereocenters. The second-order valence-corrected chi connectivity index (χ2v) is 6.71. The molecule has 3 rings (SSSR count). The smallest absolute Gasteiger partial charge is 0.269 e. The van der Waals surface area contributed by atoms with Crippen molar-refractivity contribution in [3.05, 3.63) is 64.2 Å². The second-order valence-electron chi connectivity index (χ2n) is 6.71. The number of nitro groups is 1. The molecule has 8 heteroatoms. The first-order valence-corrected chi connectivity index (χ1v) is 9.20. The quantitative estimate of drug-likeness (QED) is 0.350. The van der Waals surface area contributed by atoms with Gasteiger partial charge < -0.3 is 16.0 Å². The molecule has 2 aromatic rings. The van der Waals surface area contributed by atoms with Gasteiger partial charge in [0.1, 0.15) is 0 Å². The number of carbonyl (C=O) groups excluding carboxylic acids is 2. The van der Waals surface area contributed by atoms with Crippen LogP contribution in [0.25, 0.3) is 0 Å². The number of nitro benzene ring substituents is 1. The number of hydrogen-bond donors (Lipinski definition) is 3. The van der Waals surface area contributed by atoms with Gasteiger partial charge in [-0.3, -0.25) is 19.7 Å². The van der Waals surface area contributed by atoms with Gasteiger partial charge in [-0.15, -0.1) is 0 Å². The summed E-state index contributed by atoms with van der Waals surface area (Å²) in [6.45, 7) is 0.575. The van der Waals surface area contributed by atoms with Gasteiger partial charge in [0.05, 0.1) is 4.92 Å². The van der Waals surface area contributed by atoms with Gasteiger partial charge in [-0.05, 0) is 55.7 Å². The van der Waals surface area contributed by atoms with Crippen LogP contribution in [0.1, 0.15) is 36.0 Å². The number of non-ortho nitro benzene ring substituents is 1. The molecule has 1 aliphatic carbocycles. The second kappa shape index (κ2) is 8.98. The third kappa shape index (κ3) is 5.80. The standard InChI is InChI=1S/C20H22N4O4/c25-19(2-1-13-21-15-9-11-18(12-10-15)24(27)28)22-16-5-3-14(4-6-16)20(26)23-17-7-8-17/h3-6,9-12,17,21H,1-2,7-8,13H2,(H,22,25)(H,23,26). The van der Waals surface area contributed by atoms with Crippen LogP contribution >= 0.6 is 0 Å². The van der Waals surface area contributed by atoms with Gasteiger partial charge in [-0.2, -0.15) is 0 Å². The predicted molar refractivity (Wildman–Crippen MR) is 106 cm³/mol. The van der Waals surface area contributed by atoms with Crippen molar-refractivity contribution in [3.8, 4) is 0 Å². The molecule has 1 aliphatic rings. The van der Waals surface area contributed by atoms with Crippen LogP contribution in [0.5, 0.6) is 0 Å². The molecule has 8 nitrogen and oxygen atoms in total. The highest BCUT2D eigenvalue weighted by Crippen LogP contribution is 2.20. The van der Waals surface area contributed by atoms with Crippen molar-refractivity contribution in [1.29, 1.82) is 0 Å². The molecule has 0 aliphatic heterocycles. The molecule has 2 aromatic carbocycles. The number of nitrogens with one attached hydrogen (secondary N) is 3. The van der Waals surface area contributed by atoms with Gasteiger partial charge in [0, 0.05) is 48.1 Å². The Balaban J connectivity index is 1.36. The van der Waals surface area contributed by atoms with E-state index in [1.807, 2.05) is 0 Å². The first-order chi connectivity index (χ1) is 13.5. The lowest BCUT2D eigenvalue weighted by molar-refractivity contribution is -0.384. The monoisotopic (exact) mass is 382 g/mol. The van der Waals surface area contributed by atoms with E-state index in [2.05, 4.69) is 16.0 Å². The summed E-state index contributed by atoms with van der Waals surface area (Å²) in [4.78, 5) is 34.1. The van der Waals surface area contributed by atoms with E-state index >= 15 is 0 Å². The molecule has 0 spiro atoms. The van der Waals surface area contributed by atoms with Crippen LogP contribution in [-0.4, -0.2) is 29.3 Å². The summed E-state index contributed by atoms with van der Waals surface area (Å²) >= 11 is 0. The van der Waals surface area contributed by atoms with Crippen LogP contribution in [0, 0.1) is 10.1 Å². The molecular weight excluding hydrogens is 360 g/mol. The van der Waals surface area contributed by atoms with Crippen molar-refractivity contribution in [2.45, 2.75) is 31.7 Å². The van der Waals surface area contributed by atoms with Gasteiger partial charge in [-0.25, -0.2) is 0 Å². The normalized spacial score (nSPS) is 12.9. The number of amides is 2. The van der Waals surface area contributed by atoms with E-state index in [9.17, 15) is 19.7 Å². The third-order valence-electron chi connectivity index (χ3n) is 4.33. The zero-order valence-electron chi connectivity index (χ0n) is 15.3. The van der Waals surface area contributed by atoms with Crippen LogP contribution < -0.4 is 16.0 Å². The zero-order chi connectivity index (χ0) is 19.9. The Hall–Kier alpha value is -3.42. The van der Waals surface area contributed by atoms with Crippen molar-refractivity contribution in [1.82, 2.24) is 5.32 Å². The Morgan fingerprint density at radius 1 is 1.00 bits per heavy atom. The maximum atomic E-state index is 12.0. The van der Waals surface area contributed by atoms with Crippen molar-refractivity contribution in [2.75, 3.05) is 17.2 Å². The lowest BCUT2D eigenvalue weighted by Crippen LogP contribution is -2.25. The van der Waals surface area contributed by atoms with Crippen LogP contribution in [0.4, 0.5) is 17.1 Å². The Kier molecular flexibility index (Phi) is 6.21. The van der Waals surface area contributed by atoms with Crippen molar-refractivity contribution in [3.63, 3.8) is 0 Å². The minimum absolute atomic E-state index is 0.0426. The molecule has 28 heavy (non-hydrogen) atoms. The summed E-state index contributed by atoms with van der Waals surface area (Å²) in [6.07, 6.45) is 3.03. The Morgan fingerprint density at radius 3 is 2.25 bits per heavy atom. The Labute approximate surface area is 162 Å². The topological polar surface area (TPSA) is 113 Å². The van der Waals surface area contributed by atoms with Crippen LogP contribution in [-0.2, 0) is 4.79 Å². The van der Waals surface area contributed by atoms with E-state index in [1.165, 1.54) is 12.1 Å². The van der Waals surface area contributed by atoms with E-state index in [4.69, 9.17) is 0 Å². The summed E-state index contributed by atoms with van der Waals surface area (Å²) in [5.74, 6) is -0.196. The minimum Gasteiger partial charge on any atom is -0.385 e. The van der Waals surface area contributed by atoms with Gasteiger partial charge >= 0.3 is 0 Å².